The molecule has 2 aromatic carbocycles. The van der Waals surface area contributed by atoms with Crippen molar-refractivity contribution in [2.75, 3.05) is 5.32 Å². The minimum Gasteiger partial charge on any atom is -0.373 e. The Kier molecular flexibility index (Phi) is 3.60. The maximum Gasteiger partial charge on any atom is 0.243 e. The summed E-state index contributed by atoms with van der Waals surface area (Å²) in [5, 5.41) is 6.15. The van der Waals surface area contributed by atoms with E-state index in [1.54, 1.807) is 6.07 Å². The topological polar surface area (TPSA) is 41.1 Å². The Labute approximate surface area is 123 Å². The highest BCUT2D eigenvalue weighted by Crippen LogP contribution is 2.25. The summed E-state index contributed by atoms with van der Waals surface area (Å²) in [6.45, 7) is 1.86. The predicted octanol–water partition coefficient (Wildman–Crippen LogP) is 3.04. The molecule has 0 saturated heterocycles. The number of para-hydroxylation sites is 1. The van der Waals surface area contributed by atoms with Gasteiger partial charge < -0.3 is 10.6 Å². The molecule has 4 heteroatoms. The summed E-state index contributed by atoms with van der Waals surface area (Å²) < 4.78 is 13.2. The summed E-state index contributed by atoms with van der Waals surface area (Å²) in [5.41, 5.74) is 2.92. The third-order valence-corrected chi connectivity index (χ3v) is 3.80. The third-order valence-electron chi connectivity index (χ3n) is 3.80. The zero-order valence-electron chi connectivity index (χ0n) is 11.8. The molecule has 1 amide bonds. The van der Waals surface area contributed by atoms with Gasteiger partial charge in [0.2, 0.25) is 5.91 Å². The van der Waals surface area contributed by atoms with Gasteiger partial charge in [0.25, 0.3) is 0 Å². The van der Waals surface area contributed by atoms with E-state index in [1.165, 1.54) is 12.1 Å². The normalized spacial score (nSPS) is 17.7. The largest absolute Gasteiger partial charge is 0.373 e. The lowest BCUT2D eigenvalue weighted by Crippen LogP contribution is -2.39. The van der Waals surface area contributed by atoms with Crippen molar-refractivity contribution >= 4 is 11.6 Å². The number of fused-ring (bicyclic) bond motifs is 1. The van der Waals surface area contributed by atoms with Crippen LogP contribution in [0.5, 0.6) is 0 Å². The Morgan fingerprint density at radius 2 is 2.10 bits per heavy atom. The molecule has 0 spiro atoms. The maximum absolute atomic E-state index is 13.2. The number of carbonyl (C=O) groups is 1. The number of carbonyl (C=O) groups excluding carboxylic acids is 1. The smallest absolute Gasteiger partial charge is 0.243 e. The quantitative estimate of drug-likeness (QED) is 0.909. The zero-order chi connectivity index (χ0) is 14.8. The monoisotopic (exact) mass is 284 g/mol. The Balaban J connectivity index is 1.65. The minimum atomic E-state index is -0.292. The number of halogens is 1. The van der Waals surface area contributed by atoms with Crippen LogP contribution in [0.3, 0.4) is 0 Å². The lowest BCUT2D eigenvalue weighted by atomic mass is 10.1. The van der Waals surface area contributed by atoms with Gasteiger partial charge in [-0.1, -0.05) is 30.3 Å². The molecule has 2 aromatic rings. The molecule has 0 unspecified atom stereocenters. The Morgan fingerprint density at radius 3 is 2.86 bits per heavy atom. The van der Waals surface area contributed by atoms with Crippen LogP contribution in [0.2, 0.25) is 0 Å². The number of hydrogen-bond donors (Lipinski definition) is 2. The van der Waals surface area contributed by atoms with Gasteiger partial charge in [-0.3, -0.25) is 4.79 Å². The van der Waals surface area contributed by atoms with Gasteiger partial charge in [0.05, 0.1) is 6.04 Å². The Bertz CT molecular complexity index is 646. The van der Waals surface area contributed by atoms with Gasteiger partial charge in [0.15, 0.2) is 0 Å². The van der Waals surface area contributed by atoms with Crippen molar-refractivity contribution < 1.29 is 9.18 Å². The van der Waals surface area contributed by atoms with Crippen LogP contribution in [-0.2, 0) is 11.2 Å². The molecule has 0 radical (unpaired) electrons. The predicted molar refractivity (Wildman–Crippen MR) is 80.5 cm³/mol. The van der Waals surface area contributed by atoms with Gasteiger partial charge in [0.1, 0.15) is 11.9 Å². The van der Waals surface area contributed by atoms with Gasteiger partial charge in [-0.2, -0.15) is 0 Å². The van der Waals surface area contributed by atoms with Crippen molar-refractivity contribution in [2.45, 2.75) is 25.4 Å². The average molecular weight is 284 g/mol. The first kappa shape index (κ1) is 13.6. The van der Waals surface area contributed by atoms with Crippen LogP contribution in [0.4, 0.5) is 10.1 Å². The number of nitrogens with one attached hydrogen (secondary N) is 2. The molecule has 2 atom stereocenters. The summed E-state index contributed by atoms with van der Waals surface area (Å²) in [7, 11) is 0. The van der Waals surface area contributed by atoms with Gasteiger partial charge in [-0.05, 0) is 36.2 Å². The van der Waals surface area contributed by atoms with Crippen LogP contribution in [-0.4, -0.2) is 11.9 Å². The van der Waals surface area contributed by atoms with E-state index in [1.807, 2.05) is 37.3 Å². The fraction of sp³-hybridized carbons (Fsp3) is 0.235. The first-order chi connectivity index (χ1) is 10.1. The molecule has 1 aliphatic heterocycles. The zero-order valence-corrected chi connectivity index (χ0v) is 11.8. The van der Waals surface area contributed by atoms with Crippen LogP contribution in [0, 0.1) is 5.82 Å². The maximum atomic E-state index is 13.2. The highest BCUT2D eigenvalue weighted by molar-refractivity contribution is 5.87. The van der Waals surface area contributed by atoms with E-state index in [9.17, 15) is 9.18 Å². The second kappa shape index (κ2) is 5.56. The molecule has 0 saturated carbocycles. The Hall–Kier alpha value is -2.36. The van der Waals surface area contributed by atoms with Gasteiger partial charge >= 0.3 is 0 Å². The van der Waals surface area contributed by atoms with E-state index in [-0.39, 0.29) is 23.8 Å². The summed E-state index contributed by atoms with van der Waals surface area (Å²) in [6, 6.07) is 13.7. The second-order valence-corrected chi connectivity index (χ2v) is 5.34. The van der Waals surface area contributed by atoms with E-state index in [4.69, 9.17) is 0 Å². The summed E-state index contributed by atoms with van der Waals surface area (Å²) in [5.74, 6) is -0.358. The van der Waals surface area contributed by atoms with Crippen LogP contribution >= 0.6 is 0 Å². The molecule has 108 valence electrons. The molecule has 0 aromatic heterocycles. The molecule has 1 aliphatic rings. The number of rotatable bonds is 3. The summed E-state index contributed by atoms with van der Waals surface area (Å²) in [4.78, 5) is 12.3. The molecule has 3 rings (SSSR count). The summed E-state index contributed by atoms with van der Waals surface area (Å²) in [6.07, 6.45) is 0.678. The molecule has 3 nitrogen and oxygen atoms in total. The molecule has 0 aliphatic carbocycles. The van der Waals surface area contributed by atoms with E-state index in [2.05, 4.69) is 10.6 Å². The average Bonchev–Trinajstić information content (AvgIpc) is 2.91. The second-order valence-electron chi connectivity index (χ2n) is 5.34. The van der Waals surface area contributed by atoms with Gasteiger partial charge in [-0.15, -0.1) is 0 Å². The van der Waals surface area contributed by atoms with Crippen molar-refractivity contribution in [3.8, 4) is 0 Å². The van der Waals surface area contributed by atoms with Crippen molar-refractivity contribution in [1.29, 1.82) is 0 Å². The fourth-order valence-corrected chi connectivity index (χ4v) is 2.63. The van der Waals surface area contributed by atoms with Crippen LogP contribution < -0.4 is 10.6 Å². The van der Waals surface area contributed by atoms with Gasteiger partial charge in [0, 0.05) is 12.1 Å². The van der Waals surface area contributed by atoms with Crippen LogP contribution in [0.1, 0.15) is 24.1 Å². The van der Waals surface area contributed by atoms with Crippen molar-refractivity contribution in [1.82, 2.24) is 5.32 Å². The van der Waals surface area contributed by atoms with Crippen LogP contribution in [0.25, 0.3) is 0 Å². The highest BCUT2D eigenvalue weighted by atomic mass is 19.1. The molecule has 21 heavy (non-hydrogen) atoms. The van der Waals surface area contributed by atoms with E-state index < -0.39 is 0 Å². The highest BCUT2D eigenvalue weighted by Gasteiger charge is 2.27. The van der Waals surface area contributed by atoms with Gasteiger partial charge in [-0.25, -0.2) is 4.39 Å². The van der Waals surface area contributed by atoms with Crippen molar-refractivity contribution in [2.24, 2.45) is 0 Å². The van der Waals surface area contributed by atoms with E-state index in [0.717, 1.165) is 16.8 Å². The molecular formula is C17H17FN2O. The number of anilines is 1. The lowest BCUT2D eigenvalue weighted by molar-refractivity contribution is -0.122. The van der Waals surface area contributed by atoms with E-state index in [0.29, 0.717) is 6.42 Å². The number of benzene rings is 2. The van der Waals surface area contributed by atoms with Crippen molar-refractivity contribution in [3.63, 3.8) is 0 Å². The summed E-state index contributed by atoms with van der Waals surface area (Å²) >= 11 is 0. The molecule has 0 fully saturated rings. The van der Waals surface area contributed by atoms with E-state index >= 15 is 0 Å². The van der Waals surface area contributed by atoms with Crippen LogP contribution in [0.15, 0.2) is 48.5 Å². The molecule has 1 heterocycles. The molecule has 0 bridgehead atoms. The standard InChI is InChI=1S/C17H17FN2O/c1-11(12-6-4-7-14(18)9-12)19-17(21)16-10-13-5-2-3-8-15(13)20-16/h2-9,11,16,20H,10H2,1H3,(H,19,21)/t11-,16-/m0/s1. The minimum absolute atomic E-state index is 0.0667. The third kappa shape index (κ3) is 2.89. The molecular weight excluding hydrogens is 267 g/mol. The number of hydrogen-bond acceptors (Lipinski definition) is 2. The lowest BCUT2D eigenvalue weighted by Gasteiger charge is -2.18. The van der Waals surface area contributed by atoms with Crippen molar-refractivity contribution in [3.05, 3.63) is 65.5 Å². The first-order valence-electron chi connectivity index (χ1n) is 7.04. The first-order valence-corrected chi connectivity index (χ1v) is 7.04. The Morgan fingerprint density at radius 1 is 1.29 bits per heavy atom. The number of amides is 1. The molecule has 2 N–H and O–H groups in total. The SMILES string of the molecule is C[C@H](NC(=O)[C@@H]1Cc2ccccc2N1)c1cccc(F)c1. The fourth-order valence-electron chi connectivity index (χ4n) is 2.63.